The van der Waals surface area contributed by atoms with Crippen LogP contribution >= 0.6 is 56.7 Å². The molecule has 0 aliphatic rings. The number of hydrogen-bond acceptors (Lipinski definition) is 18. The lowest BCUT2D eigenvalue weighted by Gasteiger charge is -2.06. The normalized spacial score (nSPS) is 11.1. The topological polar surface area (TPSA) is 264 Å². The first-order valence-corrected chi connectivity index (χ1v) is 29.0. The number of nitro groups is 1. The standard InChI is InChI=1S/C16H12FN3OS.C10H10N2O4S.C10H12N2O2S.C9H7N3OS.C9H9NO2S/c1-19-13-6-7-22-15(13)11-8-18-20(16(21)14(11)19)9-10-4-2-3-5-12(10)17;1-3-16-10(13)8-7(12(14)15)9-6(11(8)2)4-5-17-9;1-3-14-10(13)8-7(11)9-6(12(8)2)4-5-15-9;1-12-6-2-3-14-8(6)5-4-10-11-9(13)7(5)12;1-2-12-9(11)7-5-8-6(10-7)3-4-13-8/h2-8H,9H2,1H3;4-5H,3H2,1-2H3;4-5H,3,11H2,1-2H3;2-4H,1H3,(H,11,13);3-5,10H,2H2,1H3. The number of nitrogens with one attached hydrogen (secondary N) is 2. The summed E-state index contributed by atoms with van der Waals surface area (Å²) in [7, 11) is 7.20. The second-order valence-corrected chi connectivity index (χ2v) is 22.1. The lowest BCUT2D eigenvalue weighted by atomic mass is 10.2. The van der Waals surface area contributed by atoms with Crippen LogP contribution in [0.2, 0.25) is 0 Å². The Morgan fingerprint density at radius 3 is 1.78 bits per heavy atom. The van der Waals surface area contributed by atoms with E-state index in [2.05, 4.69) is 20.3 Å². The molecule has 27 heteroatoms. The molecule has 1 aromatic carbocycles. The number of rotatable bonds is 9. The number of nitrogen functional groups attached to an aromatic ring is 1. The zero-order valence-corrected chi connectivity index (χ0v) is 48.4. The maximum Gasteiger partial charge on any atom is 0.362 e. The predicted octanol–water partition coefficient (Wildman–Crippen LogP) is 11.3. The van der Waals surface area contributed by atoms with E-state index in [0.717, 1.165) is 51.6 Å². The fraction of sp³-hybridized carbons (Fsp3) is 0.204. The van der Waals surface area contributed by atoms with Crippen LogP contribution in [0.4, 0.5) is 15.8 Å². The molecule has 418 valence electrons. The third-order valence-electron chi connectivity index (χ3n) is 12.8. The number of aromatic amines is 2. The summed E-state index contributed by atoms with van der Waals surface area (Å²) in [5, 5.41) is 33.0. The molecule has 0 unspecified atom stereocenters. The van der Waals surface area contributed by atoms with Crippen molar-refractivity contribution >= 4 is 159 Å². The number of nitrogens with zero attached hydrogens (tertiary/aromatic N) is 8. The van der Waals surface area contributed by atoms with Crippen LogP contribution in [0, 0.1) is 15.9 Å². The molecule has 13 aromatic rings. The van der Waals surface area contributed by atoms with Gasteiger partial charge in [-0.15, -0.1) is 56.7 Å². The van der Waals surface area contributed by atoms with Gasteiger partial charge in [-0.05, 0) is 90.1 Å². The Labute approximate surface area is 477 Å². The third-order valence-corrected chi connectivity index (χ3v) is 17.4. The lowest BCUT2D eigenvalue weighted by Crippen LogP contribution is -2.24. The number of hydrogen-bond donors (Lipinski definition) is 3. The van der Waals surface area contributed by atoms with Crippen molar-refractivity contribution in [2.24, 2.45) is 28.2 Å². The zero-order valence-electron chi connectivity index (χ0n) is 44.3. The molecule has 0 aliphatic carbocycles. The second kappa shape index (κ2) is 24.3. The Kier molecular flexibility index (Phi) is 17.1. The summed E-state index contributed by atoms with van der Waals surface area (Å²) in [6.45, 7) is 6.31. The van der Waals surface area contributed by atoms with Gasteiger partial charge in [0.2, 0.25) is 5.69 Å². The van der Waals surface area contributed by atoms with Crippen LogP contribution in [0.5, 0.6) is 0 Å². The number of halogens is 1. The van der Waals surface area contributed by atoms with Crippen molar-refractivity contribution in [1.82, 2.24) is 43.2 Å². The van der Waals surface area contributed by atoms with Gasteiger partial charge in [0.25, 0.3) is 11.1 Å². The van der Waals surface area contributed by atoms with Gasteiger partial charge in [-0.2, -0.15) is 10.2 Å². The molecular formula is C54H50FN11O10S5. The monoisotopic (exact) mass is 1190 g/mol. The molecule has 0 atom stereocenters. The van der Waals surface area contributed by atoms with Gasteiger partial charge in [-0.3, -0.25) is 19.7 Å². The Hall–Kier alpha value is -8.76. The van der Waals surface area contributed by atoms with Gasteiger partial charge < -0.3 is 43.2 Å². The fourth-order valence-corrected chi connectivity index (χ4v) is 13.5. The summed E-state index contributed by atoms with van der Waals surface area (Å²) in [4.78, 5) is 72.3. The van der Waals surface area contributed by atoms with E-state index >= 15 is 0 Å². The summed E-state index contributed by atoms with van der Waals surface area (Å²) in [5.41, 5.74) is 13.4. The van der Waals surface area contributed by atoms with Crippen LogP contribution in [0.3, 0.4) is 0 Å². The molecule has 0 radical (unpaired) electrons. The average Bonchev–Trinajstić information content (AvgIpc) is 3.90. The predicted molar refractivity (Wildman–Crippen MR) is 319 cm³/mol. The molecule has 0 bridgehead atoms. The van der Waals surface area contributed by atoms with Gasteiger partial charge >= 0.3 is 23.6 Å². The number of esters is 3. The first kappa shape index (κ1) is 56.9. The van der Waals surface area contributed by atoms with Crippen molar-refractivity contribution in [2.75, 3.05) is 25.6 Å². The van der Waals surface area contributed by atoms with Gasteiger partial charge in [0.1, 0.15) is 27.2 Å². The highest BCUT2D eigenvalue weighted by Gasteiger charge is 2.31. The molecule has 0 spiro atoms. The quantitative estimate of drug-likeness (QED) is 0.0526. The number of fused-ring (bicyclic) bond motifs is 9. The molecule has 0 fully saturated rings. The summed E-state index contributed by atoms with van der Waals surface area (Å²) < 4.78 is 41.5. The SMILES string of the molecule is CCOC(=O)c1c(N)c2sccc2n1C.CCOC(=O)c1c([N+](=O)[O-])c2sccc2n1C.CCOC(=O)c1cc2sccc2[nH]1.Cn1c2ccsc2c2cn[nH]c(=O)c21.Cn1c2ccsc2c2cnn(Cc3ccccc3F)c(=O)c21. The number of thiophene rings is 5. The number of anilines is 1. The van der Waals surface area contributed by atoms with Crippen LogP contribution in [0.1, 0.15) is 57.8 Å². The summed E-state index contributed by atoms with van der Waals surface area (Å²) in [6.07, 6.45) is 3.39. The number of benzene rings is 1. The van der Waals surface area contributed by atoms with E-state index in [1.807, 2.05) is 82.1 Å². The minimum absolute atomic E-state index is 0.00120. The average molecular weight is 1190 g/mol. The molecule has 0 amide bonds. The molecule has 0 saturated heterocycles. The molecule has 0 aliphatic heterocycles. The van der Waals surface area contributed by atoms with E-state index in [-0.39, 0.29) is 53.4 Å². The highest BCUT2D eigenvalue weighted by atomic mass is 32.1. The third kappa shape index (κ3) is 11.0. The van der Waals surface area contributed by atoms with Crippen molar-refractivity contribution in [3.63, 3.8) is 0 Å². The zero-order chi connectivity index (χ0) is 57.8. The Morgan fingerprint density at radius 2 is 1.19 bits per heavy atom. The van der Waals surface area contributed by atoms with E-state index in [1.54, 1.807) is 108 Å². The summed E-state index contributed by atoms with van der Waals surface area (Å²) in [5.74, 6) is -1.64. The number of aryl methyl sites for hydroxylation is 4. The first-order chi connectivity index (χ1) is 39.0. The second-order valence-electron chi connectivity index (χ2n) is 17.5. The molecule has 13 rings (SSSR count). The Morgan fingerprint density at radius 1 is 0.667 bits per heavy atom. The number of aromatic nitrogens is 9. The smallest absolute Gasteiger partial charge is 0.362 e. The molecule has 81 heavy (non-hydrogen) atoms. The van der Waals surface area contributed by atoms with Gasteiger partial charge in [-0.25, -0.2) is 28.6 Å². The highest BCUT2D eigenvalue weighted by Crippen LogP contribution is 2.37. The van der Waals surface area contributed by atoms with E-state index < -0.39 is 10.9 Å². The van der Waals surface area contributed by atoms with E-state index in [4.69, 9.17) is 19.9 Å². The maximum atomic E-state index is 13.8. The van der Waals surface area contributed by atoms with Gasteiger partial charge in [0.05, 0.1) is 95.8 Å². The Balaban J connectivity index is 0.000000124. The molecule has 12 aromatic heterocycles. The van der Waals surface area contributed by atoms with Crippen LogP contribution in [-0.4, -0.2) is 85.9 Å². The van der Waals surface area contributed by atoms with Crippen molar-refractivity contribution in [1.29, 1.82) is 0 Å². The molecule has 21 nitrogen and oxygen atoms in total. The molecule has 4 N–H and O–H groups in total. The molecule has 0 saturated carbocycles. The van der Waals surface area contributed by atoms with Crippen LogP contribution in [-0.2, 0) is 48.9 Å². The summed E-state index contributed by atoms with van der Waals surface area (Å²) in [6, 6.07) is 17.9. The lowest BCUT2D eigenvalue weighted by molar-refractivity contribution is -0.383. The fourth-order valence-electron chi connectivity index (χ4n) is 9.06. The van der Waals surface area contributed by atoms with Crippen molar-refractivity contribution in [3.05, 3.63) is 159 Å². The van der Waals surface area contributed by atoms with Crippen molar-refractivity contribution in [3.8, 4) is 0 Å². The van der Waals surface area contributed by atoms with Crippen LogP contribution in [0.25, 0.3) is 72.9 Å². The Bertz CT molecular complexity index is 4530. The van der Waals surface area contributed by atoms with Crippen molar-refractivity contribution in [2.45, 2.75) is 27.3 Å². The molecule has 12 heterocycles. The number of ether oxygens (including phenoxy) is 3. The molecular weight excluding hydrogens is 1140 g/mol. The first-order valence-electron chi connectivity index (χ1n) is 24.6. The van der Waals surface area contributed by atoms with E-state index in [1.165, 1.54) is 38.0 Å². The van der Waals surface area contributed by atoms with Gasteiger partial charge in [-0.1, -0.05) is 18.2 Å². The number of carbonyl (C=O) groups excluding carboxylic acids is 3. The maximum absolute atomic E-state index is 13.8. The number of nitrogens with two attached hydrogens (primary N) is 1. The summed E-state index contributed by atoms with van der Waals surface area (Å²) >= 11 is 7.60. The number of H-pyrrole nitrogens is 2. The highest BCUT2D eigenvalue weighted by molar-refractivity contribution is 7.19. The van der Waals surface area contributed by atoms with Crippen LogP contribution < -0.4 is 16.9 Å². The van der Waals surface area contributed by atoms with Crippen molar-refractivity contribution < 1.29 is 37.9 Å². The van der Waals surface area contributed by atoms with Gasteiger partial charge in [0, 0.05) is 44.5 Å². The van der Waals surface area contributed by atoms with Gasteiger partial charge in [0.15, 0.2) is 5.69 Å². The minimum atomic E-state index is -0.662. The minimum Gasteiger partial charge on any atom is -0.461 e. The van der Waals surface area contributed by atoms with E-state index in [0.29, 0.717) is 57.1 Å². The van der Waals surface area contributed by atoms with Crippen LogP contribution in [0.15, 0.2) is 110 Å². The van der Waals surface area contributed by atoms with E-state index in [9.17, 15) is 38.5 Å². The largest absolute Gasteiger partial charge is 0.461 e. The number of carbonyl (C=O) groups is 3.